The maximum absolute atomic E-state index is 11.5. The highest BCUT2D eigenvalue weighted by Gasteiger charge is 2.52. The van der Waals surface area contributed by atoms with E-state index >= 15 is 0 Å². The predicted molar refractivity (Wildman–Crippen MR) is 68.6 cm³/mol. The van der Waals surface area contributed by atoms with Gasteiger partial charge in [-0.1, -0.05) is 19.1 Å². The number of hydrogen-bond donors (Lipinski definition) is 3. The van der Waals surface area contributed by atoms with Crippen molar-refractivity contribution in [1.82, 2.24) is 0 Å². The zero-order chi connectivity index (χ0) is 13.7. The third kappa shape index (κ3) is 1.85. The second-order valence-corrected chi connectivity index (χ2v) is 5.88. The molecule has 0 aromatic carbocycles. The third-order valence-corrected chi connectivity index (χ3v) is 4.71. The molecule has 0 aromatic rings. The molecule has 2 bridgehead atoms. The molecule has 1 fully saturated rings. The van der Waals surface area contributed by atoms with E-state index in [2.05, 4.69) is 6.58 Å². The highest BCUT2D eigenvalue weighted by molar-refractivity contribution is 5.93. The Hall–Kier alpha value is -1.29. The first-order chi connectivity index (χ1) is 8.26. The van der Waals surface area contributed by atoms with Gasteiger partial charge in [-0.3, -0.25) is 4.79 Å². The van der Waals surface area contributed by atoms with Crippen LogP contribution in [-0.2, 0) is 4.79 Å². The van der Waals surface area contributed by atoms with Crippen LogP contribution in [0.1, 0.15) is 33.1 Å². The minimum absolute atomic E-state index is 0.0340. The SMILES string of the molecule is C=C(C)[C@@H]1C[C@H]2C(C(N)=O)=C(O)C[C@@](O)(C1)[C@H]2C. The number of aliphatic hydroxyl groups is 2. The minimum Gasteiger partial charge on any atom is -0.512 e. The van der Waals surface area contributed by atoms with Crippen molar-refractivity contribution in [3.8, 4) is 0 Å². The number of amides is 1. The summed E-state index contributed by atoms with van der Waals surface area (Å²) in [6.45, 7) is 7.81. The maximum atomic E-state index is 11.5. The van der Waals surface area contributed by atoms with Crippen LogP contribution in [0, 0.1) is 17.8 Å². The molecular weight excluding hydrogens is 230 g/mol. The molecule has 0 heterocycles. The van der Waals surface area contributed by atoms with Gasteiger partial charge in [0.05, 0.1) is 11.2 Å². The number of hydrogen-bond acceptors (Lipinski definition) is 3. The second-order valence-electron chi connectivity index (χ2n) is 5.88. The van der Waals surface area contributed by atoms with Crippen LogP contribution in [0.2, 0.25) is 0 Å². The molecule has 100 valence electrons. The molecule has 2 aliphatic carbocycles. The molecular formula is C14H21NO3. The molecule has 0 unspecified atom stereocenters. The lowest BCUT2D eigenvalue weighted by Crippen LogP contribution is -2.52. The summed E-state index contributed by atoms with van der Waals surface area (Å²) in [6.07, 6.45) is 1.43. The number of rotatable bonds is 2. The summed E-state index contributed by atoms with van der Waals surface area (Å²) in [4.78, 5) is 11.5. The van der Waals surface area contributed by atoms with Crippen molar-refractivity contribution in [2.75, 3.05) is 0 Å². The maximum Gasteiger partial charge on any atom is 0.248 e. The van der Waals surface area contributed by atoms with Gasteiger partial charge in [0.1, 0.15) is 5.76 Å². The summed E-state index contributed by atoms with van der Waals surface area (Å²) in [5, 5.41) is 20.6. The predicted octanol–water partition coefficient (Wildman–Crippen LogP) is 1.66. The number of aliphatic hydroxyl groups excluding tert-OH is 1. The van der Waals surface area contributed by atoms with Crippen LogP contribution < -0.4 is 5.73 Å². The molecule has 4 heteroatoms. The molecule has 0 spiro atoms. The smallest absolute Gasteiger partial charge is 0.248 e. The fourth-order valence-electron chi connectivity index (χ4n) is 3.48. The van der Waals surface area contributed by atoms with Gasteiger partial charge < -0.3 is 15.9 Å². The lowest BCUT2D eigenvalue weighted by atomic mass is 9.58. The molecule has 1 amide bonds. The molecule has 4 atom stereocenters. The van der Waals surface area contributed by atoms with E-state index in [0.717, 1.165) is 12.0 Å². The Morgan fingerprint density at radius 1 is 1.56 bits per heavy atom. The van der Waals surface area contributed by atoms with Crippen molar-refractivity contribution in [2.45, 2.75) is 38.7 Å². The lowest BCUT2D eigenvalue weighted by Gasteiger charge is -2.50. The Morgan fingerprint density at radius 3 is 2.67 bits per heavy atom. The largest absolute Gasteiger partial charge is 0.512 e. The van der Waals surface area contributed by atoms with E-state index in [0.29, 0.717) is 12.0 Å². The van der Waals surface area contributed by atoms with Crippen molar-refractivity contribution in [3.63, 3.8) is 0 Å². The molecule has 0 saturated heterocycles. The van der Waals surface area contributed by atoms with Crippen LogP contribution in [-0.4, -0.2) is 21.7 Å². The van der Waals surface area contributed by atoms with Gasteiger partial charge in [-0.25, -0.2) is 0 Å². The Morgan fingerprint density at radius 2 is 2.17 bits per heavy atom. The molecule has 0 radical (unpaired) electrons. The molecule has 18 heavy (non-hydrogen) atoms. The number of allylic oxidation sites excluding steroid dienone is 1. The van der Waals surface area contributed by atoms with E-state index in [1.54, 1.807) is 0 Å². The number of fused-ring (bicyclic) bond motifs is 2. The Bertz CT molecular complexity index is 440. The number of carbonyl (C=O) groups is 1. The second kappa shape index (κ2) is 4.12. The van der Waals surface area contributed by atoms with E-state index in [4.69, 9.17) is 5.73 Å². The first kappa shape index (κ1) is 13.1. The van der Waals surface area contributed by atoms with Crippen molar-refractivity contribution in [3.05, 3.63) is 23.5 Å². The highest BCUT2D eigenvalue weighted by atomic mass is 16.3. The first-order valence-corrected chi connectivity index (χ1v) is 6.36. The minimum atomic E-state index is -0.949. The van der Waals surface area contributed by atoms with Crippen molar-refractivity contribution in [2.24, 2.45) is 23.5 Å². The average Bonchev–Trinajstić information content (AvgIpc) is 2.20. The van der Waals surface area contributed by atoms with E-state index in [9.17, 15) is 15.0 Å². The van der Waals surface area contributed by atoms with Gasteiger partial charge in [-0.2, -0.15) is 0 Å². The van der Waals surface area contributed by atoms with E-state index in [1.807, 2.05) is 13.8 Å². The number of primary amides is 1. The van der Waals surface area contributed by atoms with Crippen LogP contribution in [0.3, 0.4) is 0 Å². The normalized spacial score (nSPS) is 39.6. The first-order valence-electron chi connectivity index (χ1n) is 6.36. The van der Waals surface area contributed by atoms with Crippen molar-refractivity contribution >= 4 is 5.91 Å². The zero-order valence-electron chi connectivity index (χ0n) is 10.9. The van der Waals surface area contributed by atoms with Crippen LogP contribution in [0.15, 0.2) is 23.5 Å². The van der Waals surface area contributed by atoms with Gasteiger partial charge in [0, 0.05) is 6.42 Å². The van der Waals surface area contributed by atoms with Gasteiger partial charge >= 0.3 is 0 Å². The Kier molecular flexibility index (Phi) is 3.01. The van der Waals surface area contributed by atoms with Gasteiger partial charge in [-0.05, 0) is 37.5 Å². The van der Waals surface area contributed by atoms with E-state index in [1.165, 1.54) is 0 Å². The van der Waals surface area contributed by atoms with Crippen LogP contribution in [0.25, 0.3) is 0 Å². The summed E-state index contributed by atoms with van der Waals surface area (Å²) in [5.74, 6) is -0.663. The van der Waals surface area contributed by atoms with Gasteiger partial charge in [0.2, 0.25) is 5.91 Å². The van der Waals surface area contributed by atoms with Crippen molar-refractivity contribution in [1.29, 1.82) is 0 Å². The molecule has 4 nitrogen and oxygen atoms in total. The average molecular weight is 251 g/mol. The topological polar surface area (TPSA) is 83.6 Å². The third-order valence-electron chi connectivity index (χ3n) is 4.71. The number of carbonyl (C=O) groups excluding carboxylic acids is 1. The standard InChI is InChI=1S/C14H21NO3/c1-7(2)9-4-10-8(3)14(18,5-9)6-11(16)12(10)13(15)17/h8-10,16,18H,1,4-6H2,2-3H3,(H2,15,17)/t8-,9+,10+,14-/m0/s1. The van der Waals surface area contributed by atoms with Gasteiger partial charge in [0.25, 0.3) is 0 Å². The van der Waals surface area contributed by atoms with Crippen LogP contribution in [0.4, 0.5) is 0 Å². The fourth-order valence-corrected chi connectivity index (χ4v) is 3.48. The molecule has 4 N–H and O–H groups in total. The van der Waals surface area contributed by atoms with Crippen LogP contribution >= 0.6 is 0 Å². The summed E-state index contributed by atoms with van der Waals surface area (Å²) in [6, 6.07) is 0. The van der Waals surface area contributed by atoms with E-state index in [-0.39, 0.29) is 29.9 Å². The molecule has 0 aliphatic heterocycles. The summed E-state index contributed by atoms with van der Waals surface area (Å²) in [7, 11) is 0. The Balaban J connectivity index is 2.45. The zero-order valence-corrected chi connectivity index (χ0v) is 10.9. The fraction of sp³-hybridized carbons (Fsp3) is 0.643. The Labute approximate surface area is 107 Å². The molecule has 2 aliphatic rings. The summed E-state index contributed by atoms with van der Waals surface area (Å²) < 4.78 is 0. The van der Waals surface area contributed by atoms with Gasteiger partial charge in [-0.15, -0.1) is 0 Å². The summed E-state index contributed by atoms with van der Waals surface area (Å²) >= 11 is 0. The lowest BCUT2D eigenvalue weighted by molar-refractivity contribution is -0.120. The molecule has 1 saturated carbocycles. The quantitative estimate of drug-likeness (QED) is 0.653. The summed E-state index contributed by atoms with van der Waals surface area (Å²) in [5.41, 5.74) is 5.72. The number of nitrogens with two attached hydrogens (primary N) is 1. The molecule has 2 rings (SSSR count). The van der Waals surface area contributed by atoms with Gasteiger partial charge in [0.15, 0.2) is 0 Å². The van der Waals surface area contributed by atoms with E-state index < -0.39 is 11.5 Å². The van der Waals surface area contributed by atoms with Crippen LogP contribution in [0.5, 0.6) is 0 Å². The monoisotopic (exact) mass is 251 g/mol. The molecule has 0 aromatic heterocycles. The highest BCUT2D eigenvalue weighted by Crippen LogP contribution is 2.52. The van der Waals surface area contributed by atoms with Crippen molar-refractivity contribution < 1.29 is 15.0 Å².